The molecule has 0 atom stereocenters. The lowest BCUT2D eigenvalue weighted by molar-refractivity contribution is -0.136. The summed E-state index contributed by atoms with van der Waals surface area (Å²) in [4.78, 5) is 18.8. The lowest BCUT2D eigenvalue weighted by Gasteiger charge is -2.12. The van der Waals surface area contributed by atoms with Crippen molar-refractivity contribution in [3.8, 4) is 28.8 Å². The minimum atomic E-state index is -4.61. The van der Waals surface area contributed by atoms with Gasteiger partial charge in [0, 0.05) is 24.4 Å². The average Bonchev–Trinajstić information content (AvgIpc) is 3.00. The van der Waals surface area contributed by atoms with Crippen LogP contribution < -0.4 is 10.3 Å². The third kappa shape index (κ3) is 3.69. The van der Waals surface area contributed by atoms with E-state index < -0.39 is 17.3 Å². The zero-order valence-corrected chi connectivity index (χ0v) is 17.2. The Morgan fingerprint density at radius 3 is 2.47 bits per heavy atom. The maximum Gasteiger partial charge on any atom is 0.417 e. The number of ether oxygens (including phenoxy) is 1. The molecular weight excluding hydrogens is 423 g/mol. The number of nitrogens with one attached hydrogen (secondary N) is 1. The van der Waals surface area contributed by atoms with Crippen LogP contribution in [0, 0.1) is 25.2 Å². The number of benzene rings is 1. The van der Waals surface area contributed by atoms with Gasteiger partial charge in [-0.2, -0.15) is 28.5 Å². The van der Waals surface area contributed by atoms with Gasteiger partial charge in [0.2, 0.25) is 5.88 Å². The van der Waals surface area contributed by atoms with E-state index in [1.165, 1.54) is 30.8 Å². The van der Waals surface area contributed by atoms with Crippen molar-refractivity contribution in [2.75, 3.05) is 0 Å². The molecule has 0 fully saturated rings. The quantitative estimate of drug-likeness (QED) is 0.502. The lowest BCUT2D eigenvalue weighted by Crippen LogP contribution is -2.12. The second-order valence-corrected chi connectivity index (χ2v) is 7.22. The summed E-state index contributed by atoms with van der Waals surface area (Å²) in [5, 5.41) is 13.3. The van der Waals surface area contributed by atoms with E-state index in [1.807, 2.05) is 6.07 Å². The van der Waals surface area contributed by atoms with Crippen LogP contribution in [0.5, 0.6) is 11.6 Å². The van der Waals surface area contributed by atoms with Gasteiger partial charge < -0.3 is 9.72 Å². The van der Waals surface area contributed by atoms with Crippen molar-refractivity contribution < 1.29 is 17.9 Å². The maximum absolute atomic E-state index is 13.6. The average molecular weight is 439 g/mol. The predicted octanol–water partition coefficient (Wildman–Crippen LogP) is 4.62. The first-order chi connectivity index (χ1) is 15.1. The highest BCUT2D eigenvalue weighted by atomic mass is 19.4. The van der Waals surface area contributed by atoms with Crippen LogP contribution in [0.2, 0.25) is 0 Å². The molecule has 0 aliphatic heterocycles. The third-order valence-electron chi connectivity index (χ3n) is 4.92. The summed E-state index contributed by atoms with van der Waals surface area (Å²) in [6.45, 7) is 3.19. The van der Waals surface area contributed by atoms with Gasteiger partial charge >= 0.3 is 6.18 Å². The number of hydrogen-bond donors (Lipinski definition) is 1. The van der Waals surface area contributed by atoms with Gasteiger partial charge in [0.1, 0.15) is 17.4 Å². The molecule has 10 heteroatoms. The summed E-state index contributed by atoms with van der Waals surface area (Å²) in [7, 11) is 1.51. The highest BCUT2D eigenvalue weighted by molar-refractivity contribution is 5.83. The van der Waals surface area contributed by atoms with E-state index >= 15 is 0 Å². The Morgan fingerprint density at radius 2 is 1.84 bits per heavy atom. The van der Waals surface area contributed by atoms with Crippen molar-refractivity contribution in [1.82, 2.24) is 19.7 Å². The van der Waals surface area contributed by atoms with Crippen LogP contribution in [-0.2, 0) is 13.2 Å². The molecule has 0 radical (unpaired) electrons. The van der Waals surface area contributed by atoms with Crippen LogP contribution in [0.25, 0.3) is 22.2 Å². The van der Waals surface area contributed by atoms with E-state index in [2.05, 4.69) is 15.1 Å². The van der Waals surface area contributed by atoms with Crippen molar-refractivity contribution in [2.45, 2.75) is 20.0 Å². The zero-order chi connectivity index (χ0) is 23.2. The molecule has 0 aliphatic carbocycles. The third-order valence-corrected chi connectivity index (χ3v) is 4.92. The number of rotatable bonds is 3. The topological polar surface area (TPSA) is 96.6 Å². The number of aryl methyl sites for hydroxylation is 3. The Hall–Kier alpha value is -4.13. The molecule has 32 heavy (non-hydrogen) atoms. The summed E-state index contributed by atoms with van der Waals surface area (Å²) >= 11 is 0. The minimum absolute atomic E-state index is 0.0298. The maximum atomic E-state index is 13.6. The molecule has 0 aliphatic rings. The van der Waals surface area contributed by atoms with E-state index in [4.69, 9.17) is 4.74 Å². The Morgan fingerprint density at radius 1 is 1.16 bits per heavy atom. The fraction of sp³-hybridized carbons (Fsp3) is 0.182. The van der Waals surface area contributed by atoms with Gasteiger partial charge in [-0.25, -0.2) is 0 Å². The number of halogens is 3. The van der Waals surface area contributed by atoms with Crippen molar-refractivity contribution in [2.24, 2.45) is 7.05 Å². The highest BCUT2D eigenvalue weighted by Crippen LogP contribution is 2.38. The first-order valence-corrected chi connectivity index (χ1v) is 9.42. The van der Waals surface area contributed by atoms with Crippen LogP contribution in [0.3, 0.4) is 0 Å². The fourth-order valence-electron chi connectivity index (χ4n) is 3.55. The molecule has 1 aromatic carbocycles. The molecular formula is C22H16F3N5O2. The second-order valence-electron chi connectivity index (χ2n) is 7.22. The van der Waals surface area contributed by atoms with Gasteiger partial charge in [-0.05, 0) is 37.6 Å². The van der Waals surface area contributed by atoms with Gasteiger partial charge in [-0.1, -0.05) is 12.1 Å². The number of fused-ring (bicyclic) bond motifs is 1. The van der Waals surface area contributed by atoms with Crippen LogP contribution in [0.4, 0.5) is 13.2 Å². The molecule has 0 amide bonds. The van der Waals surface area contributed by atoms with Crippen LogP contribution in [-0.4, -0.2) is 19.7 Å². The zero-order valence-electron chi connectivity index (χ0n) is 17.2. The standard InChI is InChI=1S/C22H16F3N5O2/c1-11-8-15(16(10-26)21(31)27-11)13-4-6-14(7-5-13)32-18-9-17(22(23,24)25)19-12(2)29-30(3)20(19)28-18/h4-9H,1-3H3,(H,27,31). The fourth-order valence-corrected chi connectivity index (χ4v) is 3.55. The number of nitrogens with zero attached hydrogens (tertiary/aromatic N) is 4. The van der Waals surface area contributed by atoms with Crippen LogP contribution in [0.1, 0.15) is 22.5 Å². The number of H-pyrrole nitrogens is 1. The number of nitriles is 1. The van der Waals surface area contributed by atoms with Gasteiger partial charge in [0.15, 0.2) is 5.65 Å². The number of aromatic amines is 1. The summed E-state index contributed by atoms with van der Waals surface area (Å²) < 4.78 is 47.8. The number of alkyl halides is 3. The molecule has 0 saturated heterocycles. The van der Waals surface area contributed by atoms with Crippen molar-refractivity contribution in [1.29, 1.82) is 5.26 Å². The summed E-state index contributed by atoms with van der Waals surface area (Å²) in [6.07, 6.45) is -4.61. The predicted molar refractivity (Wildman–Crippen MR) is 110 cm³/mol. The van der Waals surface area contributed by atoms with E-state index in [9.17, 15) is 23.2 Å². The van der Waals surface area contributed by atoms with Gasteiger partial charge in [0.05, 0.1) is 16.6 Å². The summed E-state index contributed by atoms with van der Waals surface area (Å²) in [6, 6.07) is 10.7. The Balaban J connectivity index is 1.73. The number of hydrogen-bond acceptors (Lipinski definition) is 5. The van der Waals surface area contributed by atoms with E-state index in [0.717, 1.165) is 6.07 Å². The number of aromatic nitrogens is 4. The first kappa shape index (κ1) is 21.1. The van der Waals surface area contributed by atoms with Crippen LogP contribution in [0.15, 0.2) is 41.2 Å². The molecule has 162 valence electrons. The molecule has 0 bridgehead atoms. The van der Waals surface area contributed by atoms with Crippen LogP contribution >= 0.6 is 0 Å². The van der Waals surface area contributed by atoms with E-state index in [-0.39, 0.29) is 33.9 Å². The highest BCUT2D eigenvalue weighted by Gasteiger charge is 2.35. The molecule has 1 N–H and O–H groups in total. The monoisotopic (exact) mass is 439 g/mol. The smallest absolute Gasteiger partial charge is 0.417 e. The molecule has 0 unspecified atom stereocenters. The first-order valence-electron chi connectivity index (χ1n) is 9.42. The van der Waals surface area contributed by atoms with Crippen molar-refractivity contribution in [3.05, 3.63) is 69.3 Å². The number of pyridine rings is 2. The van der Waals surface area contributed by atoms with E-state index in [0.29, 0.717) is 16.8 Å². The molecule has 3 heterocycles. The molecule has 4 aromatic rings. The van der Waals surface area contributed by atoms with Gasteiger partial charge in [-0.15, -0.1) is 0 Å². The Labute approximate surface area is 179 Å². The molecule has 4 rings (SSSR count). The minimum Gasteiger partial charge on any atom is -0.439 e. The Kier molecular flexibility index (Phi) is 4.97. The second kappa shape index (κ2) is 7.53. The van der Waals surface area contributed by atoms with E-state index in [1.54, 1.807) is 25.1 Å². The lowest BCUT2D eigenvalue weighted by atomic mass is 10.0. The SMILES string of the molecule is Cc1cc(-c2ccc(Oc3cc(C(F)(F)F)c4c(C)nn(C)c4n3)cc2)c(C#N)c(=O)[nH]1. The molecule has 0 saturated carbocycles. The Bertz CT molecular complexity index is 1440. The van der Waals surface area contributed by atoms with Crippen molar-refractivity contribution >= 4 is 11.0 Å². The molecule has 3 aromatic heterocycles. The summed E-state index contributed by atoms with van der Waals surface area (Å²) in [5.41, 5.74) is 0.505. The molecule has 0 spiro atoms. The largest absolute Gasteiger partial charge is 0.439 e. The summed E-state index contributed by atoms with van der Waals surface area (Å²) in [5.74, 6) is 0.0120. The van der Waals surface area contributed by atoms with Gasteiger partial charge in [0.25, 0.3) is 5.56 Å². The molecule has 7 nitrogen and oxygen atoms in total. The van der Waals surface area contributed by atoms with Crippen molar-refractivity contribution in [3.63, 3.8) is 0 Å². The van der Waals surface area contributed by atoms with Gasteiger partial charge in [-0.3, -0.25) is 9.48 Å². The normalized spacial score (nSPS) is 11.5.